The van der Waals surface area contributed by atoms with Crippen molar-refractivity contribution in [2.45, 2.75) is 222 Å². The number of hydrogen-bond acceptors (Lipinski definition) is 5. The molecule has 1 spiro atoms. The third-order valence-electron chi connectivity index (χ3n) is 22.4. The molecule has 0 aromatic rings. The van der Waals surface area contributed by atoms with Crippen molar-refractivity contribution in [3.8, 4) is 6.07 Å². The Kier molecular flexibility index (Phi) is 11.7. The van der Waals surface area contributed by atoms with Crippen LogP contribution in [0.25, 0.3) is 0 Å². The molecule has 8 fully saturated rings. The first-order valence-corrected chi connectivity index (χ1v) is 28.7. The molecule has 5 nitrogen and oxygen atoms in total. The summed E-state index contributed by atoms with van der Waals surface area (Å²) < 4.78 is 7.72. The Balaban J connectivity index is 0.841. The molecular formula is C60H84N4O. The molecule has 13 rings (SSSR count). The summed E-state index contributed by atoms with van der Waals surface area (Å²) in [6.07, 6.45) is 58.9. The van der Waals surface area contributed by atoms with E-state index in [2.05, 4.69) is 64.9 Å². The minimum Gasteiger partial charge on any atom is -0.374 e. The Bertz CT molecular complexity index is 2000. The normalized spacial score (nSPS) is 49.4. The molecule has 2 saturated heterocycles. The number of hydrogen-bond donors (Lipinski definition) is 1. The van der Waals surface area contributed by atoms with Gasteiger partial charge in [-0.3, -0.25) is 9.89 Å². The van der Waals surface area contributed by atoms with Gasteiger partial charge in [0.25, 0.3) is 0 Å². The number of likely N-dealkylation sites (tertiary alicyclic amines) is 1. The van der Waals surface area contributed by atoms with Crippen molar-refractivity contribution in [1.29, 1.82) is 5.26 Å². The van der Waals surface area contributed by atoms with Crippen molar-refractivity contribution in [2.24, 2.45) is 81.4 Å². The lowest BCUT2D eigenvalue weighted by atomic mass is 9.45. The standard InChI is InChI=1S/C60H84N4O/c61-37-38-24-28-55-47(32-38)48-33-41(25-29-56(48)64(55)44-18-8-3-9-19-44)42-26-30-57-51(34-42)60(49-22-12-10-20-45(49)46-21-11-13-23-50(46)60)52-35-43(27-31-58(52)65-57)59-62-53(39-14-4-1-5-15-39)36-54(63-59)40-16-6-2-7-17-40/h1,4,10,12,16,20,22,33,38-39,41-47,49-58H,2-3,5-9,11,13-15,17-19,21,23-32,34-36H2,(H,62,63). The molecule has 350 valence electrons. The summed E-state index contributed by atoms with van der Waals surface area (Å²) in [5.74, 6) is 9.32. The van der Waals surface area contributed by atoms with Crippen LogP contribution in [0.5, 0.6) is 0 Å². The molecule has 1 N–H and O–H groups in total. The SMILES string of the molecule is N#CC1CCC2C(C1)C1=CC(C3CCC4OC5CCC(C6=NC(C7=CCCCC7)CC(C7CC=CCC7)N6)CC5C5(C6C=CC=CC6C6CCCCC65)C4C3)CCC1N2C1CCCCC1. The molecule has 0 radical (unpaired) electrons. The highest BCUT2D eigenvalue weighted by Gasteiger charge is 2.70. The molecule has 13 aliphatic rings. The number of ether oxygens (including phenoxy) is 1. The van der Waals surface area contributed by atoms with Gasteiger partial charge >= 0.3 is 0 Å². The predicted molar refractivity (Wildman–Crippen MR) is 263 cm³/mol. The molecule has 0 bridgehead atoms. The van der Waals surface area contributed by atoms with Crippen LogP contribution in [0.3, 0.4) is 0 Å². The predicted octanol–water partition coefficient (Wildman–Crippen LogP) is 13.4. The average molecular weight is 877 g/mol. The highest BCUT2D eigenvalue weighted by Crippen LogP contribution is 2.73. The molecule has 3 aliphatic heterocycles. The molecule has 0 aromatic heterocycles. The first-order chi connectivity index (χ1) is 32.2. The van der Waals surface area contributed by atoms with Gasteiger partial charge in [0.1, 0.15) is 5.84 Å². The van der Waals surface area contributed by atoms with Gasteiger partial charge in [-0.2, -0.15) is 5.26 Å². The zero-order chi connectivity index (χ0) is 43.1. The maximum Gasteiger partial charge on any atom is 0.100 e. The Labute approximate surface area is 393 Å². The number of nitrogens with one attached hydrogen (secondary N) is 1. The summed E-state index contributed by atoms with van der Waals surface area (Å²) in [6, 6.07) is 5.84. The van der Waals surface area contributed by atoms with Gasteiger partial charge in [-0.05, 0) is 218 Å². The lowest BCUT2D eigenvalue weighted by molar-refractivity contribution is -0.243. The summed E-state index contributed by atoms with van der Waals surface area (Å²) in [6.45, 7) is 0. The minimum absolute atomic E-state index is 0.253. The van der Waals surface area contributed by atoms with E-state index in [0.717, 1.165) is 42.6 Å². The number of nitriles is 1. The van der Waals surface area contributed by atoms with Gasteiger partial charge in [0, 0.05) is 36.0 Å². The van der Waals surface area contributed by atoms with Crippen LogP contribution >= 0.6 is 0 Å². The van der Waals surface area contributed by atoms with Crippen LogP contribution in [0, 0.1) is 87.8 Å². The van der Waals surface area contributed by atoms with E-state index in [9.17, 15) is 5.26 Å². The average Bonchev–Trinajstić information content (AvgIpc) is 3.87. The van der Waals surface area contributed by atoms with Gasteiger partial charge in [0.2, 0.25) is 0 Å². The second-order valence-corrected chi connectivity index (χ2v) is 25.0. The fourth-order valence-corrected chi connectivity index (χ4v) is 19.9. The van der Waals surface area contributed by atoms with Crippen LogP contribution < -0.4 is 5.32 Å². The van der Waals surface area contributed by atoms with E-state index in [1.54, 1.807) is 5.57 Å². The molecule has 10 aliphatic carbocycles. The Morgan fingerprint density at radius 2 is 1.58 bits per heavy atom. The van der Waals surface area contributed by atoms with Gasteiger partial charge in [-0.15, -0.1) is 0 Å². The van der Waals surface area contributed by atoms with Gasteiger partial charge in [-0.25, -0.2) is 0 Å². The second kappa shape index (κ2) is 17.8. The molecule has 19 unspecified atom stereocenters. The largest absolute Gasteiger partial charge is 0.374 e. The quantitative estimate of drug-likeness (QED) is 0.280. The number of allylic oxidation sites excluding steroid dienone is 8. The van der Waals surface area contributed by atoms with Crippen molar-refractivity contribution in [2.75, 3.05) is 0 Å². The molecule has 5 heteroatoms. The molecule has 65 heavy (non-hydrogen) atoms. The van der Waals surface area contributed by atoms with Crippen LogP contribution in [-0.2, 0) is 4.74 Å². The van der Waals surface area contributed by atoms with Crippen molar-refractivity contribution in [1.82, 2.24) is 10.2 Å². The van der Waals surface area contributed by atoms with E-state index >= 15 is 0 Å². The topological polar surface area (TPSA) is 60.6 Å². The maximum atomic E-state index is 10.2. The molecule has 0 amide bonds. The summed E-state index contributed by atoms with van der Waals surface area (Å²) in [5.41, 5.74) is 3.81. The van der Waals surface area contributed by atoms with E-state index in [1.807, 2.05) is 5.57 Å². The van der Waals surface area contributed by atoms with Crippen LogP contribution in [-0.4, -0.2) is 53.2 Å². The van der Waals surface area contributed by atoms with Crippen molar-refractivity contribution >= 4 is 5.84 Å². The van der Waals surface area contributed by atoms with Gasteiger partial charge in [0.15, 0.2) is 0 Å². The Morgan fingerprint density at radius 1 is 0.723 bits per heavy atom. The van der Waals surface area contributed by atoms with Gasteiger partial charge in [-0.1, -0.05) is 86.3 Å². The van der Waals surface area contributed by atoms with Crippen LogP contribution in [0.2, 0.25) is 0 Å². The van der Waals surface area contributed by atoms with Crippen molar-refractivity contribution < 1.29 is 4.74 Å². The van der Waals surface area contributed by atoms with Crippen molar-refractivity contribution in [3.05, 3.63) is 59.8 Å². The number of nitrogens with zero attached hydrogens (tertiary/aromatic N) is 3. The zero-order valence-electron chi connectivity index (χ0n) is 40.1. The number of rotatable bonds is 5. The monoisotopic (exact) mass is 877 g/mol. The van der Waals surface area contributed by atoms with E-state index in [1.165, 1.54) is 173 Å². The summed E-state index contributed by atoms with van der Waals surface area (Å²) in [5, 5.41) is 14.6. The molecule has 6 saturated carbocycles. The minimum atomic E-state index is 0.253. The maximum absolute atomic E-state index is 10.2. The third-order valence-corrected chi connectivity index (χ3v) is 22.4. The van der Waals surface area contributed by atoms with Crippen LogP contribution in [0.1, 0.15) is 180 Å². The fourth-order valence-electron chi connectivity index (χ4n) is 19.9. The second-order valence-electron chi connectivity index (χ2n) is 25.0. The first kappa shape index (κ1) is 42.7. The number of amidine groups is 1. The third kappa shape index (κ3) is 7.26. The van der Waals surface area contributed by atoms with E-state index in [-0.39, 0.29) is 5.92 Å². The Hall–Kier alpha value is -2.42. The van der Waals surface area contributed by atoms with Gasteiger partial charge in [0.05, 0.1) is 24.3 Å². The van der Waals surface area contributed by atoms with Crippen LogP contribution in [0.4, 0.5) is 0 Å². The lowest BCUT2D eigenvalue weighted by Gasteiger charge is -2.64. The fraction of sp³-hybridized carbons (Fsp3) is 0.800. The number of fused-ring (bicyclic) bond motifs is 12. The molecular weight excluding hydrogens is 793 g/mol. The Morgan fingerprint density at radius 3 is 2.45 bits per heavy atom. The highest BCUT2D eigenvalue weighted by molar-refractivity contribution is 5.86. The highest BCUT2D eigenvalue weighted by atomic mass is 16.5. The first-order valence-electron chi connectivity index (χ1n) is 28.7. The van der Waals surface area contributed by atoms with E-state index < -0.39 is 0 Å². The molecule has 0 aromatic carbocycles. The molecule has 3 heterocycles. The zero-order valence-corrected chi connectivity index (χ0v) is 40.1. The number of aliphatic imine (C=N–C) groups is 1. The van der Waals surface area contributed by atoms with Crippen LogP contribution in [0.15, 0.2) is 64.7 Å². The smallest absolute Gasteiger partial charge is 0.100 e. The van der Waals surface area contributed by atoms with Crippen molar-refractivity contribution in [3.63, 3.8) is 0 Å². The molecule has 19 atom stereocenters. The summed E-state index contributed by atoms with van der Waals surface area (Å²) in [4.78, 5) is 8.98. The summed E-state index contributed by atoms with van der Waals surface area (Å²) >= 11 is 0. The van der Waals surface area contributed by atoms with E-state index in [4.69, 9.17) is 9.73 Å². The lowest BCUT2D eigenvalue weighted by Crippen LogP contribution is -2.63. The summed E-state index contributed by atoms with van der Waals surface area (Å²) in [7, 11) is 0. The van der Waals surface area contributed by atoms with E-state index in [0.29, 0.717) is 83.2 Å². The van der Waals surface area contributed by atoms with Gasteiger partial charge < -0.3 is 10.1 Å².